The minimum Gasteiger partial charge on any atom is -0.463 e. The van der Waals surface area contributed by atoms with Gasteiger partial charge < -0.3 is 15.0 Å². The van der Waals surface area contributed by atoms with Gasteiger partial charge in [0.2, 0.25) is 11.8 Å². The molecule has 31 heavy (non-hydrogen) atoms. The van der Waals surface area contributed by atoms with Gasteiger partial charge in [-0.1, -0.05) is 35.9 Å². The number of nitrogens with one attached hydrogen (secondary N) is 1. The van der Waals surface area contributed by atoms with Crippen molar-refractivity contribution in [3.8, 4) is 0 Å². The highest BCUT2D eigenvalue weighted by Crippen LogP contribution is 2.37. The predicted molar refractivity (Wildman–Crippen MR) is 116 cm³/mol. The second kappa shape index (κ2) is 10.0. The highest BCUT2D eigenvalue weighted by molar-refractivity contribution is 5.97. The van der Waals surface area contributed by atoms with E-state index in [9.17, 15) is 14.4 Å². The van der Waals surface area contributed by atoms with Gasteiger partial charge in [0.25, 0.3) is 0 Å². The van der Waals surface area contributed by atoms with Crippen LogP contribution in [0.15, 0.2) is 60.1 Å². The topological polar surface area (TPSA) is 88.6 Å². The van der Waals surface area contributed by atoms with Gasteiger partial charge in [-0.3, -0.25) is 14.6 Å². The molecule has 7 heteroatoms. The number of ether oxygens (including phenoxy) is 1. The van der Waals surface area contributed by atoms with Crippen molar-refractivity contribution >= 4 is 17.8 Å². The summed E-state index contributed by atoms with van der Waals surface area (Å²) in [7, 11) is 0. The van der Waals surface area contributed by atoms with Gasteiger partial charge in [-0.25, -0.2) is 4.79 Å². The van der Waals surface area contributed by atoms with Gasteiger partial charge in [-0.2, -0.15) is 0 Å². The first kappa shape index (κ1) is 22.2. The van der Waals surface area contributed by atoms with Crippen molar-refractivity contribution in [1.82, 2.24) is 15.2 Å². The number of allylic oxidation sites excluding steroid dienone is 1. The van der Waals surface area contributed by atoms with Gasteiger partial charge in [-0.15, -0.1) is 0 Å². The van der Waals surface area contributed by atoms with Gasteiger partial charge >= 0.3 is 5.97 Å². The minimum atomic E-state index is -0.459. The number of hydrogen-bond acceptors (Lipinski definition) is 5. The van der Waals surface area contributed by atoms with E-state index in [0.29, 0.717) is 17.8 Å². The Morgan fingerprint density at radius 1 is 1.23 bits per heavy atom. The van der Waals surface area contributed by atoms with Crippen LogP contribution in [0.25, 0.3) is 0 Å². The molecular weight excluding hydrogens is 394 g/mol. The van der Waals surface area contributed by atoms with Crippen LogP contribution in [0, 0.1) is 6.92 Å². The fourth-order valence-corrected chi connectivity index (χ4v) is 3.75. The van der Waals surface area contributed by atoms with Crippen LogP contribution in [-0.2, 0) is 25.7 Å². The molecule has 1 aromatic heterocycles. The van der Waals surface area contributed by atoms with Crippen molar-refractivity contribution in [2.75, 3.05) is 13.2 Å². The number of carbonyl (C=O) groups excluding carboxylic acids is 3. The van der Waals surface area contributed by atoms with Crippen molar-refractivity contribution in [2.24, 2.45) is 0 Å². The first-order chi connectivity index (χ1) is 14.9. The lowest BCUT2D eigenvalue weighted by Crippen LogP contribution is -2.44. The molecule has 0 aliphatic carbocycles. The monoisotopic (exact) mass is 421 g/mol. The Bertz CT molecular complexity index is 1000. The number of carbonyl (C=O) groups is 3. The molecule has 3 rings (SSSR count). The maximum absolute atomic E-state index is 13.0. The zero-order valence-corrected chi connectivity index (χ0v) is 18.1. The van der Waals surface area contributed by atoms with E-state index in [1.165, 1.54) is 4.90 Å². The zero-order valence-electron chi connectivity index (χ0n) is 18.1. The summed E-state index contributed by atoms with van der Waals surface area (Å²) in [5.74, 6) is -1.37. The van der Waals surface area contributed by atoms with Crippen molar-refractivity contribution in [2.45, 2.75) is 39.7 Å². The summed E-state index contributed by atoms with van der Waals surface area (Å²) in [6.45, 7) is 5.79. The number of esters is 1. The number of amides is 2. The molecule has 1 aliphatic heterocycles. The maximum Gasteiger partial charge on any atom is 0.336 e. The average molecular weight is 421 g/mol. The number of aryl methyl sites for hydroxylation is 1. The molecule has 1 atom stereocenters. The molecule has 0 bridgehead atoms. The average Bonchev–Trinajstić information content (AvgIpc) is 2.75. The summed E-state index contributed by atoms with van der Waals surface area (Å²) in [6, 6.07) is 11.4. The van der Waals surface area contributed by atoms with Crippen LogP contribution in [0.1, 0.15) is 42.9 Å². The molecule has 2 heterocycles. The van der Waals surface area contributed by atoms with E-state index in [4.69, 9.17) is 4.74 Å². The second-order valence-corrected chi connectivity index (χ2v) is 7.51. The quantitative estimate of drug-likeness (QED) is 0.695. The van der Waals surface area contributed by atoms with E-state index in [1.54, 1.807) is 32.3 Å². The molecule has 0 saturated heterocycles. The molecule has 0 spiro atoms. The lowest BCUT2D eigenvalue weighted by Gasteiger charge is -2.34. The Morgan fingerprint density at radius 2 is 2.03 bits per heavy atom. The van der Waals surface area contributed by atoms with E-state index >= 15 is 0 Å². The molecule has 2 aromatic rings. The van der Waals surface area contributed by atoms with Crippen molar-refractivity contribution < 1.29 is 19.1 Å². The Balaban J connectivity index is 1.84. The van der Waals surface area contributed by atoms with Gasteiger partial charge in [0.05, 0.1) is 12.2 Å². The zero-order chi connectivity index (χ0) is 22.4. The van der Waals surface area contributed by atoms with E-state index in [0.717, 1.165) is 16.7 Å². The third kappa shape index (κ3) is 5.36. The summed E-state index contributed by atoms with van der Waals surface area (Å²) in [5.41, 5.74) is 3.67. The van der Waals surface area contributed by atoms with Crippen LogP contribution in [0.5, 0.6) is 0 Å². The van der Waals surface area contributed by atoms with Crippen LogP contribution in [0.4, 0.5) is 0 Å². The van der Waals surface area contributed by atoms with Crippen molar-refractivity contribution in [3.05, 3.63) is 76.8 Å². The number of nitrogens with zero attached hydrogens (tertiary/aromatic N) is 2. The molecule has 1 N–H and O–H groups in total. The second-order valence-electron chi connectivity index (χ2n) is 7.51. The van der Waals surface area contributed by atoms with Gasteiger partial charge in [-0.05, 0) is 38.0 Å². The number of benzene rings is 1. The molecule has 0 fully saturated rings. The SMILES string of the molecule is CCOC(=O)C1=C(C)N(CC(=O)NCc2cccnc2)C(=O)CC1c1cccc(C)c1. The van der Waals surface area contributed by atoms with E-state index in [-0.39, 0.29) is 31.4 Å². The number of hydrogen-bond donors (Lipinski definition) is 1. The minimum absolute atomic E-state index is 0.102. The van der Waals surface area contributed by atoms with Gasteiger partial charge in [0, 0.05) is 37.0 Å². The Morgan fingerprint density at radius 3 is 2.71 bits per heavy atom. The lowest BCUT2D eigenvalue weighted by atomic mass is 9.83. The van der Waals surface area contributed by atoms with Crippen molar-refractivity contribution in [1.29, 1.82) is 0 Å². The number of rotatable bonds is 7. The fraction of sp³-hybridized carbons (Fsp3) is 0.333. The smallest absolute Gasteiger partial charge is 0.336 e. The summed E-state index contributed by atoms with van der Waals surface area (Å²) in [6.07, 6.45) is 3.43. The number of pyridine rings is 1. The molecule has 1 aromatic carbocycles. The molecular formula is C24H27N3O4. The first-order valence-electron chi connectivity index (χ1n) is 10.3. The summed E-state index contributed by atoms with van der Waals surface area (Å²) >= 11 is 0. The van der Waals surface area contributed by atoms with Crippen molar-refractivity contribution in [3.63, 3.8) is 0 Å². The lowest BCUT2D eigenvalue weighted by molar-refractivity contribution is -0.141. The van der Waals surface area contributed by atoms with Crippen LogP contribution < -0.4 is 5.32 Å². The van der Waals surface area contributed by atoms with E-state index in [2.05, 4.69) is 10.3 Å². The Kier molecular flexibility index (Phi) is 7.18. The highest BCUT2D eigenvalue weighted by atomic mass is 16.5. The van der Waals surface area contributed by atoms with Crippen LogP contribution in [0.3, 0.4) is 0 Å². The maximum atomic E-state index is 13.0. The number of aromatic nitrogens is 1. The highest BCUT2D eigenvalue weighted by Gasteiger charge is 2.37. The third-order valence-corrected chi connectivity index (χ3v) is 5.28. The predicted octanol–water partition coefficient (Wildman–Crippen LogP) is 2.86. The Hall–Kier alpha value is -3.48. The summed E-state index contributed by atoms with van der Waals surface area (Å²) in [4.78, 5) is 43.7. The summed E-state index contributed by atoms with van der Waals surface area (Å²) in [5, 5.41) is 2.80. The fourth-order valence-electron chi connectivity index (χ4n) is 3.75. The molecule has 2 amide bonds. The third-order valence-electron chi connectivity index (χ3n) is 5.28. The Labute approximate surface area is 182 Å². The van der Waals surface area contributed by atoms with E-state index in [1.807, 2.05) is 37.3 Å². The molecule has 162 valence electrons. The van der Waals surface area contributed by atoms with Crippen LogP contribution in [-0.4, -0.2) is 40.8 Å². The van der Waals surface area contributed by atoms with Crippen LogP contribution in [0.2, 0.25) is 0 Å². The largest absolute Gasteiger partial charge is 0.463 e. The van der Waals surface area contributed by atoms with Gasteiger partial charge in [0.1, 0.15) is 6.54 Å². The summed E-state index contributed by atoms with van der Waals surface area (Å²) < 4.78 is 5.29. The molecule has 0 radical (unpaired) electrons. The first-order valence-corrected chi connectivity index (χ1v) is 10.3. The molecule has 7 nitrogen and oxygen atoms in total. The normalized spacial score (nSPS) is 16.3. The molecule has 1 aliphatic rings. The van der Waals surface area contributed by atoms with Gasteiger partial charge in [0.15, 0.2) is 0 Å². The van der Waals surface area contributed by atoms with Crippen LogP contribution >= 0.6 is 0 Å². The molecule has 1 unspecified atom stereocenters. The molecule has 0 saturated carbocycles. The van der Waals surface area contributed by atoms with E-state index < -0.39 is 11.9 Å². The standard InChI is InChI=1S/C24H27N3O4/c1-4-31-24(30)23-17(3)27(15-21(28)26-14-18-8-6-10-25-13-18)22(29)12-20(23)19-9-5-7-16(2)11-19/h5-11,13,20H,4,12,14-15H2,1-3H3,(H,26,28).